The van der Waals surface area contributed by atoms with Crippen LogP contribution in [-0.4, -0.2) is 28.0 Å². The first-order valence-electron chi connectivity index (χ1n) is 4.36. The lowest BCUT2D eigenvalue weighted by Crippen LogP contribution is -2.12. The predicted octanol–water partition coefficient (Wildman–Crippen LogP) is 0.975. The summed E-state index contributed by atoms with van der Waals surface area (Å²) in [7, 11) is 1.55. The van der Waals surface area contributed by atoms with Crippen molar-refractivity contribution >= 4 is 5.91 Å². The minimum atomic E-state index is -0.230. The second-order valence-electron chi connectivity index (χ2n) is 2.88. The number of benzene rings is 1. The third kappa shape index (κ3) is 1.85. The van der Waals surface area contributed by atoms with Crippen LogP contribution in [0.15, 0.2) is 36.7 Å². The fourth-order valence-corrected chi connectivity index (χ4v) is 1.20. The van der Waals surface area contributed by atoms with Gasteiger partial charge in [-0.3, -0.25) is 4.79 Å². The van der Waals surface area contributed by atoms with Gasteiger partial charge in [-0.1, -0.05) is 11.3 Å². The van der Waals surface area contributed by atoms with Gasteiger partial charge >= 0.3 is 0 Å². The Labute approximate surface area is 86.3 Å². The summed E-state index contributed by atoms with van der Waals surface area (Å²) in [5.41, 5.74) is 0.514. The molecule has 15 heavy (non-hydrogen) atoms. The van der Waals surface area contributed by atoms with E-state index in [4.69, 9.17) is 4.74 Å². The van der Waals surface area contributed by atoms with E-state index in [2.05, 4.69) is 10.3 Å². The summed E-state index contributed by atoms with van der Waals surface area (Å²) in [4.78, 5) is 11.8. The van der Waals surface area contributed by atoms with Crippen LogP contribution in [0.25, 0.3) is 0 Å². The van der Waals surface area contributed by atoms with Gasteiger partial charge in [0.15, 0.2) is 0 Å². The van der Waals surface area contributed by atoms with Crippen LogP contribution in [0.1, 0.15) is 10.4 Å². The maximum Gasteiger partial charge on any atom is 0.279 e. The summed E-state index contributed by atoms with van der Waals surface area (Å²) in [6, 6.07) is 6.89. The Balaban J connectivity index is 2.34. The van der Waals surface area contributed by atoms with Crippen molar-refractivity contribution in [2.75, 3.05) is 7.11 Å². The number of carbonyl (C=O) groups excluding carboxylic acids is 1. The molecule has 0 bridgehead atoms. The molecule has 0 aliphatic carbocycles. The third-order valence-electron chi connectivity index (χ3n) is 1.95. The summed E-state index contributed by atoms with van der Waals surface area (Å²) >= 11 is 0. The Kier molecular flexibility index (Phi) is 2.45. The SMILES string of the molecule is COc1cccc(C(=O)n2ccnn2)c1. The predicted molar refractivity (Wildman–Crippen MR) is 52.7 cm³/mol. The lowest BCUT2D eigenvalue weighted by molar-refractivity contribution is 0.0942. The molecule has 5 heteroatoms. The first-order valence-corrected chi connectivity index (χ1v) is 4.36. The zero-order valence-electron chi connectivity index (χ0n) is 8.12. The van der Waals surface area contributed by atoms with E-state index in [1.54, 1.807) is 31.4 Å². The standard InChI is InChI=1S/C10H9N3O2/c1-15-9-4-2-3-8(7-9)10(14)13-6-5-11-12-13/h2-7H,1H3. The number of hydrogen-bond donors (Lipinski definition) is 0. The molecule has 0 saturated carbocycles. The molecule has 0 aliphatic heterocycles. The molecule has 2 rings (SSSR count). The molecular formula is C10H9N3O2. The van der Waals surface area contributed by atoms with E-state index in [0.29, 0.717) is 11.3 Å². The van der Waals surface area contributed by atoms with Crippen molar-refractivity contribution in [2.24, 2.45) is 0 Å². The van der Waals surface area contributed by atoms with Gasteiger partial charge in [-0.25, -0.2) is 0 Å². The number of rotatable bonds is 2. The van der Waals surface area contributed by atoms with E-state index in [-0.39, 0.29) is 5.91 Å². The largest absolute Gasteiger partial charge is 0.497 e. The number of hydrogen-bond acceptors (Lipinski definition) is 4. The van der Waals surface area contributed by atoms with Crippen molar-refractivity contribution in [1.29, 1.82) is 0 Å². The van der Waals surface area contributed by atoms with Crippen LogP contribution in [-0.2, 0) is 0 Å². The highest BCUT2D eigenvalue weighted by Crippen LogP contribution is 2.13. The Bertz CT molecular complexity index is 465. The minimum absolute atomic E-state index is 0.230. The molecule has 76 valence electrons. The Hall–Kier alpha value is -2.17. The fourth-order valence-electron chi connectivity index (χ4n) is 1.20. The summed E-state index contributed by atoms with van der Waals surface area (Å²) in [5.74, 6) is 0.410. The minimum Gasteiger partial charge on any atom is -0.497 e. The Morgan fingerprint density at radius 3 is 3.00 bits per heavy atom. The molecule has 2 aromatic rings. The third-order valence-corrected chi connectivity index (χ3v) is 1.95. The summed E-state index contributed by atoms with van der Waals surface area (Å²) in [6.45, 7) is 0. The number of carbonyl (C=O) groups is 1. The van der Waals surface area contributed by atoms with Crippen LogP contribution < -0.4 is 4.74 Å². The second-order valence-corrected chi connectivity index (χ2v) is 2.88. The highest BCUT2D eigenvalue weighted by Gasteiger charge is 2.09. The molecule has 0 saturated heterocycles. The molecule has 0 aliphatic rings. The molecule has 1 aromatic carbocycles. The average Bonchev–Trinajstić information content (AvgIpc) is 2.81. The van der Waals surface area contributed by atoms with Gasteiger partial charge in [0.25, 0.3) is 5.91 Å². The molecule has 0 amide bonds. The Morgan fingerprint density at radius 1 is 1.47 bits per heavy atom. The van der Waals surface area contributed by atoms with Gasteiger partial charge in [0.1, 0.15) is 5.75 Å². The van der Waals surface area contributed by atoms with E-state index < -0.39 is 0 Å². The highest BCUT2D eigenvalue weighted by molar-refractivity contribution is 5.95. The van der Waals surface area contributed by atoms with Crippen LogP contribution >= 0.6 is 0 Å². The molecule has 0 spiro atoms. The van der Waals surface area contributed by atoms with E-state index in [1.807, 2.05) is 0 Å². The van der Waals surface area contributed by atoms with Crippen LogP contribution in [0.2, 0.25) is 0 Å². The van der Waals surface area contributed by atoms with Crippen molar-refractivity contribution in [1.82, 2.24) is 15.0 Å². The van der Waals surface area contributed by atoms with Crippen molar-refractivity contribution in [3.63, 3.8) is 0 Å². The van der Waals surface area contributed by atoms with Crippen LogP contribution in [0, 0.1) is 0 Å². The van der Waals surface area contributed by atoms with Crippen molar-refractivity contribution in [2.45, 2.75) is 0 Å². The first-order chi connectivity index (χ1) is 7.31. The normalized spacial score (nSPS) is 9.93. The molecule has 1 aromatic heterocycles. The number of nitrogens with zero attached hydrogens (tertiary/aromatic N) is 3. The maximum atomic E-state index is 11.8. The first kappa shape index (κ1) is 9.39. The molecule has 5 nitrogen and oxygen atoms in total. The van der Waals surface area contributed by atoms with Crippen LogP contribution in [0.3, 0.4) is 0 Å². The van der Waals surface area contributed by atoms with Gasteiger partial charge in [-0.15, -0.1) is 5.10 Å². The number of ether oxygens (including phenoxy) is 1. The number of methoxy groups -OCH3 is 1. The molecule has 0 unspecified atom stereocenters. The van der Waals surface area contributed by atoms with Gasteiger partial charge in [-0.2, -0.15) is 4.68 Å². The monoisotopic (exact) mass is 203 g/mol. The van der Waals surface area contributed by atoms with Crippen molar-refractivity contribution < 1.29 is 9.53 Å². The highest BCUT2D eigenvalue weighted by atomic mass is 16.5. The summed E-state index contributed by atoms with van der Waals surface area (Å²) < 4.78 is 6.20. The van der Waals surface area contributed by atoms with Crippen LogP contribution in [0.4, 0.5) is 0 Å². The quantitative estimate of drug-likeness (QED) is 0.729. The molecule has 1 heterocycles. The molecule has 0 fully saturated rings. The summed E-state index contributed by atoms with van der Waals surface area (Å²) in [5, 5.41) is 7.20. The van der Waals surface area contributed by atoms with E-state index in [1.165, 1.54) is 17.1 Å². The molecule has 0 radical (unpaired) electrons. The van der Waals surface area contributed by atoms with Gasteiger partial charge in [0.05, 0.1) is 19.5 Å². The zero-order valence-corrected chi connectivity index (χ0v) is 8.12. The summed E-state index contributed by atoms with van der Waals surface area (Å²) in [6.07, 6.45) is 2.96. The van der Waals surface area contributed by atoms with Crippen molar-refractivity contribution in [3.8, 4) is 5.75 Å². The maximum absolute atomic E-state index is 11.8. The van der Waals surface area contributed by atoms with Gasteiger partial charge in [-0.05, 0) is 18.2 Å². The second kappa shape index (κ2) is 3.91. The average molecular weight is 203 g/mol. The Morgan fingerprint density at radius 2 is 2.33 bits per heavy atom. The van der Waals surface area contributed by atoms with Gasteiger partial charge < -0.3 is 4.74 Å². The topological polar surface area (TPSA) is 57.0 Å². The lowest BCUT2D eigenvalue weighted by Gasteiger charge is -2.02. The lowest BCUT2D eigenvalue weighted by atomic mass is 10.2. The van der Waals surface area contributed by atoms with E-state index >= 15 is 0 Å². The van der Waals surface area contributed by atoms with E-state index in [0.717, 1.165) is 0 Å². The smallest absolute Gasteiger partial charge is 0.279 e. The molecular weight excluding hydrogens is 194 g/mol. The molecule has 0 atom stereocenters. The van der Waals surface area contributed by atoms with Gasteiger partial charge in [0, 0.05) is 5.56 Å². The van der Waals surface area contributed by atoms with Crippen molar-refractivity contribution in [3.05, 3.63) is 42.2 Å². The zero-order chi connectivity index (χ0) is 10.7. The van der Waals surface area contributed by atoms with E-state index in [9.17, 15) is 4.79 Å². The number of aromatic nitrogens is 3. The van der Waals surface area contributed by atoms with Gasteiger partial charge in [0.2, 0.25) is 0 Å². The van der Waals surface area contributed by atoms with Crippen LogP contribution in [0.5, 0.6) is 5.75 Å². The molecule has 0 N–H and O–H groups in total. The fraction of sp³-hybridized carbons (Fsp3) is 0.100.